The molecule has 0 aromatic rings. The van der Waals surface area contributed by atoms with E-state index in [1.807, 2.05) is 0 Å². The van der Waals surface area contributed by atoms with Gasteiger partial charge in [-0.1, -0.05) is 32.1 Å². The molecular weight excluding hydrogens is 241 g/mol. The Morgan fingerprint density at radius 1 is 0.941 bits per heavy atom. The number of hydrogen-bond acceptors (Lipinski definition) is 1. The third-order valence-corrected chi connectivity index (χ3v) is 4.45. The molecule has 2 rings (SSSR count). The molecule has 1 radical (unpaired) electrons. The average molecular weight is 268 g/mol. The third-order valence-electron chi connectivity index (χ3n) is 4.45. The smallest absolute Gasteiger partial charge is 0 e. The topological polar surface area (TPSA) is 17.3 Å². The number of likely N-dealkylation sites (tertiary alicyclic amines) is 1. The van der Waals surface area contributed by atoms with Crippen molar-refractivity contribution >= 4 is 0 Å². The zero-order valence-corrected chi connectivity index (χ0v) is 13.2. The molecule has 3 heteroatoms. The van der Waals surface area contributed by atoms with Gasteiger partial charge < -0.3 is 10.2 Å². The van der Waals surface area contributed by atoms with E-state index in [0.29, 0.717) is 0 Å². The van der Waals surface area contributed by atoms with Crippen LogP contribution in [0, 0.1) is 11.8 Å². The molecule has 97 valence electrons. The molecule has 0 aromatic carbocycles. The first-order valence-corrected chi connectivity index (χ1v) is 7.16. The zero-order valence-electron chi connectivity index (χ0n) is 11.4. The predicted octanol–water partition coefficient (Wildman–Crippen LogP) is 3.28. The van der Waals surface area contributed by atoms with Gasteiger partial charge in [-0.2, -0.15) is 0 Å². The molecule has 2 saturated heterocycles. The zero-order chi connectivity index (χ0) is 11.2. The van der Waals surface area contributed by atoms with Crippen molar-refractivity contribution in [1.29, 1.82) is 0 Å². The molecule has 0 saturated carbocycles. The summed E-state index contributed by atoms with van der Waals surface area (Å²) in [4.78, 5) is 2.47. The van der Waals surface area contributed by atoms with E-state index in [9.17, 15) is 0 Å². The fourth-order valence-corrected chi connectivity index (χ4v) is 3.14. The van der Waals surface area contributed by atoms with Crippen LogP contribution in [0.25, 0.3) is 5.32 Å². The van der Waals surface area contributed by atoms with Crippen LogP contribution < -0.4 is 0 Å². The van der Waals surface area contributed by atoms with E-state index in [1.54, 1.807) is 0 Å². The monoisotopic (exact) mass is 268 g/mol. The fourth-order valence-electron chi connectivity index (χ4n) is 3.14. The fraction of sp³-hybridized carbons (Fsp3) is 1.00. The molecule has 2 heterocycles. The van der Waals surface area contributed by atoms with E-state index in [1.165, 1.54) is 58.0 Å². The van der Waals surface area contributed by atoms with Crippen LogP contribution >= 0.6 is 0 Å². The second-order valence-electron chi connectivity index (χ2n) is 5.79. The van der Waals surface area contributed by atoms with Gasteiger partial charge in [0.15, 0.2) is 0 Å². The molecule has 0 aromatic heterocycles. The van der Waals surface area contributed by atoms with Gasteiger partial charge in [-0.25, -0.2) is 0 Å². The first kappa shape index (κ1) is 15.8. The van der Waals surface area contributed by atoms with Crippen molar-refractivity contribution in [3.05, 3.63) is 5.32 Å². The summed E-state index contributed by atoms with van der Waals surface area (Å²) in [6.45, 7) is 4.93. The molecule has 0 atom stereocenters. The van der Waals surface area contributed by atoms with Crippen molar-refractivity contribution in [2.75, 3.05) is 33.2 Å². The Kier molecular flexibility index (Phi) is 8.22. The minimum Gasteiger partial charge on any atom is -0.662 e. The minimum absolute atomic E-state index is 0. The van der Waals surface area contributed by atoms with E-state index in [0.717, 1.165) is 24.9 Å². The van der Waals surface area contributed by atoms with E-state index < -0.39 is 0 Å². The average Bonchev–Trinajstić information content (AvgIpc) is 2.33. The Bertz CT molecular complexity index is 185. The van der Waals surface area contributed by atoms with E-state index in [2.05, 4.69) is 17.3 Å². The number of piperidine rings is 2. The maximum Gasteiger partial charge on any atom is 0 e. The van der Waals surface area contributed by atoms with Crippen LogP contribution in [0.3, 0.4) is 0 Å². The Balaban J connectivity index is 0.00000144. The molecule has 2 fully saturated rings. The second kappa shape index (κ2) is 8.82. The summed E-state index contributed by atoms with van der Waals surface area (Å²) < 4.78 is 0. The predicted molar refractivity (Wildman–Crippen MR) is 69.9 cm³/mol. The maximum absolute atomic E-state index is 4.43. The van der Waals surface area contributed by atoms with Gasteiger partial charge in [0, 0.05) is 25.8 Å². The van der Waals surface area contributed by atoms with Gasteiger partial charge >= 0.3 is 0 Å². The molecule has 2 aliphatic heterocycles. The molecule has 17 heavy (non-hydrogen) atoms. The summed E-state index contributed by atoms with van der Waals surface area (Å²) in [5.74, 6) is 2.04. The first-order chi connectivity index (χ1) is 7.84. The Labute approximate surface area is 126 Å². The van der Waals surface area contributed by atoms with Gasteiger partial charge in [-0.15, -0.1) is 13.1 Å². The molecule has 2 aliphatic rings. The maximum atomic E-state index is 4.43. The van der Waals surface area contributed by atoms with Crippen LogP contribution in [0.15, 0.2) is 0 Å². The van der Waals surface area contributed by atoms with Crippen LogP contribution in [0.2, 0.25) is 0 Å². The van der Waals surface area contributed by atoms with Crippen molar-refractivity contribution < 1.29 is 25.8 Å². The molecule has 0 aliphatic carbocycles. The summed E-state index contributed by atoms with van der Waals surface area (Å²) in [5.41, 5.74) is 0. The quantitative estimate of drug-likeness (QED) is 0.765. The number of rotatable bonds is 4. The summed E-state index contributed by atoms with van der Waals surface area (Å²) >= 11 is 0. The molecule has 0 amide bonds. The van der Waals surface area contributed by atoms with Crippen molar-refractivity contribution in [2.45, 2.75) is 44.9 Å². The molecule has 2 nitrogen and oxygen atoms in total. The normalized spacial score (nSPS) is 24.5. The summed E-state index contributed by atoms with van der Waals surface area (Å²) in [6.07, 6.45) is 10.1. The molecule has 0 bridgehead atoms. The van der Waals surface area contributed by atoms with Gasteiger partial charge in [0.25, 0.3) is 0 Å². The Morgan fingerprint density at radius 3 is 2.06 bits per heavy atom. The van der Waals surface area contributed by atoms with Gasteiger partial charge in [0.2, 0.25) is 0 Å². The van der Waals surface area contributed by atoms with Crippen molar-refractivity contribution in [3.8, 4) is 0 Å². The second-order valence-corrected chi connectivity index (χ2v) is 5.79. The Morgan fingerprint density at radius 2 is 1.47 bits per heavy atom. The van der Waals surface area contributed by atoms with Crippen LogP contribution in [0.4, 0.5) is 0 Å². The molecule has 0 unspecified atom stereocenters. The molecular formula is C14H27N2Sc-. The summed E-state index contributed by atoms with van der Waals surface area (Å²) in [6, 6.07) is 0. The van der Waals surface area contributed by atoms with E-state index in [-0.39, 0.29) is 25.8 Å². The number of nitrogens with zero attached hydrogens (tertiary/aromatic N) is 2. The van der Waals surface area contributed by atoms with Crippen molar-refractivity contribution in [2.24, 2.45) is 11.8 Å². The van der Waals surface area contributed by atoms with Gasteiger partial charge in [0.1, 0.15) is 0 Å². The van der Waals surface area contributed by atoms with Crippen LogP contribution in [-0.2, 0) is 25.8 Å². The number of hydrogen-bond donors (Lipinski definition) is 0. The standard InChI is InChI=1S/C14H27N2.Sc/c1-16-11-7-14(8-12-16)4-2-3-13-5-9-15-10-6-13;/h13-14H,2-12H2,1H3;/q-1;. The molecule has 0 N–H and O–H groups in total. The summed E-state index contributed by atoms with van der Waals surface area (Å²) in [7, 11) is 2.25. The van der Waals surface area contributed by atoms with Crippen LogP contribution in [0.1, 0.15) is 44.9 Å². The van der Waals surface area contributed by atoms with Gasteiger partial charge in [-0.3, -0.25) is 0 Å². The minimum atomic E-state index is 0. The Hall–Kier alpha value is 0.790. The van der Waals surface area contributed by atoms with Crippen LogP contribution in [-0.4, -0.2) is 38.1 Å². The van der Waals surface area contributed by atoms with Crippen molar-refractivity contribution in [1.82, 2.24) is 4.90 Å². The summed E-state index contributed by atoms with van der Waals surface area (Å²) in [5, 5.41) is 4.43. The SMILES string of the molecule is CN1CCC(CCCC2CC[N-]CC2)CC1.[Sc]. The largest absolute Gasteiger partial charge is 0.662 e. The first-order valence-electron chi connectivity index (χ1n) is 7.16. The van der Waals surface area contributed by atoms with E-state index >= 15 is 0 Å². The van der Waals surface area contributed by atoms with Crippen LogP contribution in [0.5, 0.6) is 0 Å². The van der Waals surface area contributed by atoms with Gasteiger partial charge in [-0.05, 0) is 44.8 Å². The third kappa shape index (κ3) is 5.98. The van der Waals surface area contributed by atoms with Crippen molar-refractivity contribution in [3.63, 3.8) is 0 Å². The molecule has 0 spiro atoms. The van der Waals surface area contributed by atoms with Gasteiger partial charge in [0.05, 0.1) is 0 Å². The van der Waals surface area contributed by atoms with E-state index in [4.69, 9.17) is 0 Å².